The van der Waals surface area contributed by atoms with Gasteiger partial charge >= 0.3 is 5.97 Å². The van der Waals surface area contributed by atoms with E-state index in [-0.39, 0.29) is 21.4 Å². The lowest BCUT2D eigenvalue weighted by atomic mass is 10.1. The summed E-state index contributed by atoms with van der Waals surface area (Å²) in [5, 5.41) is 3.69. The van der Waals surface area contributed by atoms with Crippen LogP contribution in [0.15, 0.2) is 77.7 Å². The third kappa shape index (κ3) is 6.05. The zero-order chi connectivity index (χ0) is 25.9. The number of benzene rings is 3. The number of thiophene rings is 1. The normalized spacial score (nSPS) is 12.3. The minimum Gasteiger partial charge on any atom is -0.465 e. The first-order chi connectivity index (χ1) is 17.2. The summed E-state index contributed by atoms with van der Waals surface area (Å²) < 4.78 is 34.4. The highest BCUT2D eigenvalue weighted by atomic mass is 35.5. The third-order valence-electron chi connectivity index (χ3n) is 5.25. The molecule has 4 aromatic rings. The van der Waals surface area contributed by atoms with Crippen molar-refractivity contribution in [2.24, 2.45) is 0 Å². The molecule has 0 aliphatic rings. The summed E-state index contributed by atoms with van der Waals surface area (Å²) in [5.74, 6) is -1.01. The molecule has 0 spiro atoms. The van der Waals surface area contributed by atoms with Crippen LogP contribution >= 0.6 is 34.5 Å². The van der Waals surface area contributed by atoms with Gasteiger partial charge in [-0.25, -0.2) is 13.2 Å². The van der Waals surface area contributed by atoms with Gasteiger partial charge in [0.2, 0.25) is 15.9 Å². The van der Waals surface area contributed by atoms with Crippen LogP contribution in [0.1, 0.15) is 15.2 Å². The molecule has 0 aliphatic heterocycles. The number of rotatable bonds is 8. The Morgan fingerprint density at radius 2 is 1.75 bits per heavy atom. The number of halogens is 2. The second-order valence-corrected chi connectivity index (χ2v) is 11.4. The average Bonchev–Trinajstić information content (AvgIpc) is 3.28. The molecule has 0 fully saturated rings. The van der Waals surface area contributed by atoms with E-state index in [2.05, 4.69) is 10.0 Å². The first-order valence-corrected chi connectivity index (χ1v) is 13.7. The quantitative estimate of drug-likeness (QED) is 0.275. The standard InChI is InChI=1S/C25H20Cl2N2O5S2/c1-34-25(31)22-13-16-12-18(8-10-21(16)35-22)28-24(30)20(11-15-5-3-2-4-6-15)29-36(32,33)23-14-17(26)7-9-19(23)27/h2-10,12-14,20,29H,11H2,1H3,(H,28,30)/t20-/m0/s1. The third-order valence-corrected chi connectivity index (χ3v) is 8.53. The maximum absolute atomic E-state index is 13.3. The highest BCUT2D eigenvalue weighted by Gasteiger charge is 2.28. The van der Waals surface area contributed by atoms with Crippen LogP contribution in [0.25, 0.3) is 10.1 Å². The van der Waals surface area contributed by atoms with Gasteiger partial charge in [0.1, 0.15) is 15.8 Å². The molecule has 36 heavy (non-hydrogen) atoms. The SMILES string of the molecule is COC(=O)c1cc2cc(NC(=O)[C@H](Cc3ccccc3)NS(=O)(=O)c3cc(Cl)ccc3Cl)ccc2s1. The van der Waals surface area contributed by atoms with Gasteiger partial charge in [0.15, 0.2) is 0 Å². The van der Waals surface area contributed by atoms with E-state index in [0.29, 0.717) is 10.6 Å². The number of carbonyl (C=O) groups is 2. The number of hydrogen-bond acceptors (Lipinski definition) is 6. The van der Waals surface area contributed by atoms with E-state index in [1.165, 1.54) is 36.6 Å². The smallest absolute Gasteiger partial charge is 0.348 e. The van der Waals surface area contributed by atoms with Crippen LogP contribution in [0.5, 0.6) is 0 Å². The predicted octanol–water partition coefficient (Wildman–Crippen LogP) is 5.52. The summed E-state index contributed by atoms with van der Waals surface area (Å²) >= 11 is 13.4. The second-order valence-electron chi connectivity index (χ2n) is 7.78. The van der Waals surface area contributed by atoms with Gasteiger partial charge in [-0.1, -0.05) is 53.5 Å². The molecule has 0 unspecified atom stereocenters. The van der Waals surface area contributed by atoms with Crippen LogP contribution in [-0.4, -0.2) is 33.4 Å². The van der Waals surface area contributed by atoms with E-state index in [9.17, 15) is 18.0 Å². The fourth-order valence-corrected chi connectivity index (χ4v) is 6.44. The molecule has 1 atom stereocenters. The largest absolute Gasteiger partial charge is 0.465 e. The number of esters is 1. The van der Waals surface area contributed by atoms with Crippen molar-refractivity contribution in [3.63, 3.8) is 0 Å². The zero-order valence-electron chi connectivity index (χ0n) is 18.8. The van der Waals surface area contributed by atoms with Gasteiger partial charge in [-0.2, -0.15) is 4.72 Å². The maximum atomic E-state index is 13.3. The summed E-state index contributed by atoms with van der Waals surface area (Å²) in [5.41, 5.74) is 1.20. The Morgan fingerprint density at radius 1 is 1.00 bits per heavy atom. The first kappa shape index (κ1) is 26.1. The van der Waals surface area contributed by atoms with E-state index in [4.69, 9.17) is 27.9 Å². The van der Waals surface area contributed by atoms with Crippen molar-refractivity contribution < 1.29 is 22.7 Å². The van der Waals surface area contributed by atoms with Crippen LogP contribution in [0.2, 0.25) is 10.0 Å². The molecular weight excluding hydrogens is 543 g/mol. The van der Waals surface area contributed by atoms with Crippen molar-refractivity contribution in [1.82, 2.24) is 4.72 Å². The molecule has 2 N–H and O–H groups in total. The van der Waals surface area contributed by atoms with E-state index in [1.54, 1.807) is 48.5 Å². The highest BCUT2D eigenvalue weighted by Crippen LogP contribution is 2.29. The number of anilines is 1. The summed E-state index contributed by atoms with van der Waals surface area (Å²) in [6.45, 7) is 0. The number of fused-ring (bicyclic) bond motifs is 1. The van der Waals surface area contributed by atoms with Crippen molar-refractivity contribution in [2.75, 3.05) is 12.4 Å². The maximum Gasteiger partial charge on any atom is 0.348 e. The first-order valence-electron chi connectivity index (χ1n) is 10.6. The summed E-state index contributed by atoms with van der Waals surface area (Å²) in [7, 11) is -2.88. The van der Waals surface area contributed by atoms with Crippen LogP contribution < -0.4 is 10.0 Å². The Balaban J connectivity index is 1.62. The molecule has 1 amide bonds. The van der Waals surface area contributed by atoms with Gasteiger partial charge in [0.25, 0.3) is 0 Å². The van der Waals surface area contributed by atoms with Crippen molar-refractivity contribution >= 4 is 72.2 Å². The molecule has 0 aliphatic carbocycles. The molecule has 11 heteroatoms. The van der Waals surface area contributed by atoms with Crippen molar-refractivity contribution in [3.05, 3.63) is 93.3 Å². The molecule has 0 saturated heterocycles. The summed E-state index contributed by atoms with van der Waals surface area (Å²) in [6.07, 6.45) is 0.0945. The number of amides is 1. The average molecular weight is 563 g/mol. The number of ether oxygens (including phenoxy) is 1. The Hall–Kier alpha value is -2.95. The zero-order valence-corrected chi connectivity index (χ0v) is 22.0. The van der Waals surface area contributed by atoms with Gasteiger partial charge < -0.3 is 10.1 Å². The monoisotopic (exact) mass is 562 g/mol. The summed E-state index contributed by atoms with van der Waals surface area (Å²) in [6, 6.07) is 18.8. The fraction of sp³-hybridized carbons (Fsp3) is 0.120. The molecule has 7 nitrogen and oxygen atoms in total. The van der Waals surface area contributed by atoms with Gasteiger partial charge in [0.05, 0.1) is 12.1 Å². The number of nitrogens with one attached hydrogen (secondary N) is 2. The van der Waals surface area contributed by atoms with E-state index < -0.39 is 27.9 Å². The molecule has 0 radical (unpaired) electrons. The lowest BCUT2D eigenvalue weighted by molar-refractivity contribution is -0.117. The van der Waals surface area contributed by atoms with Gasteiger partial charge in [0, 0.05) is 15.4 Å². The molecule has 186 valence electrons. The van der Waals surface area contributed by atoms with E-state index in [1.807, 2.05) is 6.07 Å². The Bertz CT molecular complexity index is 1540. The van der Waals surface area contributed by atoms with Gasteiger partial charge in [-0.15, -0.1) is 11.3 Å². The second kappa shape index (κ2) is 11.0. The molecule has 4 rings (SSSR count). The number of hydrogen-bond donors (Lipinski definition) is 2. The minimum absolute atomic E-state index is 0.0184. The number of methoxy groups -OCH3 is 1. The van der Waals surface area contributed by atoms with Crippen molar-refractivity contribution in [1.29, 1.82) is 0 Å². The van der Waals surface area contributed by atoms with Crippen LogP contribution in [0, 0.1) is 0 Å². The molecule has 1 aromatic heterocycles. The van der Waals surface area contributed by atoms with E-state index >= 15 is 0 Å². The van der Waals surface area contributed by atoms with Crippen LogP contribution in [-0.2, 0) is 26.0 Å². The lowest BCUT2D eigenvalue weighted by Gasteiger charge is -2.19. The Morgan fingerprint density at radius 3 is 2.47 bits per heavy atom. The molecule has 1 heterocycles. The Kier molecular flexibility index (Phi) is 7.97. The highest BCUT2D eigenvalue weighted by molar-refractivity contribution is 7.89. The van der Waals surface area contributed by atoms with Crippen molar-refractivity contribution in [2.45, 2.75) is 17.4 Å². The molecule has 0 saturated carbocycles. The molecular formula is C25H20Cl2N2O5S2. The molecule has 3 aromatic carbocycles. The van der Waals surface area contributed by atoms with Crippen molar-refractivity contribution in [3.8, 4) is 0 Å². The summed E-state index contributed by atoms with van der Waals surface area (Å²) in [4.78, 5) is 25.4. The van der Waals surface area contributed by atoms with E-state index in [0.717, 1.165) is 15.6 Å². The molecule has 0 bridgehead atoms. The minimum atomic E-state index is -4.19. The topological polar surface area (TPSA) is 102 Å². The Labute approximate surface area is 222 Å². The number of carbonyl (C=O) groups excluding carboxylic acids is 2. The predicted molar refractivity (Wildman–Crippen MR) is 143 cm³/mol. The van der Waals surface area contributed by atoms with Crippen LogP contribution in [0.4, 0.5) is 5.69 Å². The lowest BCUT2D eigenvalue weighted by Crippen LogP contribution is -2.45. The van der Waals surface area contributed by atoms with Gasteiger partial charge in [-0.05, 0) is 59.8 Å². The van der Waals surface area contributed by atoms with Crippen LogP contribution in [0.3, 0.4) is 0 Å². The van der Waals surface area contributed by atoms with Gasteiger partial charge in [-0.3, -0.25) is 4.79 Å². The number of sulfonamides is 1. The fourth-order valence-electron chi connectivity index (χ4n) is 3.52.